The van der Waals surface area contributed by atoms with E-state index in [-0.39, 0.29) is 46.8 Å². The number of epoxide rings is 1. The van der Waals surface area contributed by atoms with Gasteiger partial charge in [-0.2, -0.15) is 0 Å². The second-order valence-corrected chi connectivity index (χ2v) is 10.7. The molecule has 1 spiro atoms. The molecule has 3 fully saturated rings. The number of allylic oxidation sites excluding steroid dienone is 3. The highest BCUT2D eigenvalue weighted by Crippen LogP contribution is 2.75. The molecule has 172 valence electrons. The second kappa shape index (κ2) is 6.89. The summed E-state index contributed by atoms with van der Waals surface area (Å²) in [4.78, 5) is 35.7. The van der Waals surface area contributed by atoms with Crippen LogP contribution in [-0.2, 0) is 28.6 Å². The van der Waals surface area contributed by atoms with Gasteiger partial charge in [0, 0.05) is 25.2 Å². The molecule has 1 heterocycles. The molecule has 0 aromatic heterocycles. The summed E-state index contributed by atoms with van der Waals surface area (Å²) < 4.78 is 17.1. The highest BCUT2D eigenvalue weighted by atomic mass is 16.6. The van der Waals surface area contributed by atoms with E-state index in [9.17, 15) is 14.4 Å². The van der Waals surface area contributed by atoms with Gasteiger partial charge in [0.1, 0.15) is 18.0 Å². The van der Waals surface area contributed by atoms with E-state index in [0.29, 0.717) is 17.6 Å². The van der Waals surface area contributed by atoms with Crippen LogP contribution in [0.2, 0.25) is 0 Å². The van der Waals surface area contributed by atoms with Crippen LogP contribution in [0, 0.1) is 28.6 Å². The summed E-state index contributed by atoms with van der Waals surface area (Å²) in [6.45, 7) is 9.25. The van der Waals surface area contributed by atoms with Crippen LogP contribution in [0.15, 0.2) is 35.1 Å². The van der Waals surface area contributed by atoms with Gasteiger partial charge in [-0.15, -0.1) is 0 Å². The Bertz CT molecular complexity index is 1000. The lowest BCUT2D eigenvalue weighted by molar-refractivity contribution is -0.148. The van der Waals surface area contributed by atoms with E-state index in [1.54, 1.807) is 0 Å². The summed E-state index contributed by atoms with van der Waals surface area (Å²) in [5.41, 5.74) is 1.63. The Morgan fingerprint density at radius 3 is 2.53 bits per heavy atom. The fraction of sp³-hybridized carbons (Fsp3) is 0.654. The van der Waals surface area contributed by atoms with E-state index >= 15 is 0 Å². The van der Waals surface area contributed by atoms with Gasteiger partial charge in [-0.3, -0.25) is 14.4 Å². The Morgan fingerprint density at radius 1 is 1.09 bits per heavy atom. The number of Topliss-reactive ketones (excluding diaryl/α,β-unsaturated/α-hetero) is 1. The molecule has 1 saturated heterocycles. The van der Waals surface area contributed by atoms with Crippen molar-refractivity contribution in [3.05, 3.63) is 35.1 Å². The Morgan fingerprint density at radius 2 is 1.84 bits per heavy atom. The van der Waals surface area contributed by atoms with Crippen LogP contribution in [0.1, 0.15) is 60.3 Å². The molecule has 5 aliphatic rings. The van der Waals surface area contributed by atoms with Crippen molar-refractivity contribution in [1.82, 2.24) is 0 Å². The van der Waals surface area contributed by atoms with E-state index in [1.165, 1.54) is 13.8 Å². The molecule has 4 aliphatic carbocycles. The molecule has 0 N–H and O–H groups in total. The average molecular weight is 441 g/mol. The summed E-state index contributed by atoms with van der Waals surface area (Å²) in [6.07, 6.45) is 9.93. The number of carbonyl (C=O) groups excluding carboxylic acids is 3. The molecule has 0 radical (unpaired) electrons. The Hall–Kier alpha value is -2.21. The molecule has 6 nitrogen and oxygen atoms in total. The fourth-order valence-corrected chi connectivity index (χ4v) is 7.79. The molecule has 6 heteroatoms. The smallest absolute Gasteiger partial charge is 0.308 e. The van der Waals surface area contributed by atoms with Gasteiger partial charge in [0.15, 0.2) is 5.78 Å². The first kappa shape index (κ1) is 21.6. The quantitative estimate of drug-likeness (QED) is 0.485. The summed E-state index contributed by atoms with van der Waals surface area (Å²) >= 11 is 0. The summed E-state index contributed by atoms with van der Waals surface area (Å²) in [5, 5.41) is 0. The van der Waals surface area contributed by atoms with Crippen molar-refractivity contribution in [1.29, 1.82) is 0 Å². The first-order valence-corrected chi connectivity index (χ1v) is 11.7. The van der Waals surface area contributed by atoms with Crippen LogP contribution in [0.3, 0.4) is 0 Å². The number of ether oxygens (including phenoxy) is 3. The molecule has 1 aliphatic heterocycles. The lowest BCUT2D eigenvalue weighted by Crippen LogP contribution is -2.57. The third-order valence-electron chi connectivity index (χ3n) is 9.29. The minimum absolute atomic E-state index is 0.0410. The van der Waals surface area contributed by atoms with Gasteiger partial charge in [-0.1, -0.05) is 18.6 Å². The molecule has 0 amide bonds. The van der Waals surface area contributed by atoms with Crippen molar-refractivity contribution in [3.8, 4) is 0 Å². The molecule has 0 bridgehead atoms. The van der Waals surface area contributed by atoms with Crippen LogP contribution >= 0.6 is 0 Å². The van der Waals surface area contributed by atoms with Gasteiger partial charge >= 0.3 is 11.9 Å². The number of hydrogen-bond donors (Lipinski definition) is 0. The fourth-order valence-electron chi connectivity index (χ4n) is 7.79. The third-order valence-corrected chi connectivity index (χ3v) is 9.29. The first-order valence-electron chi connectivity index (χ1n) is 11.7. The number of carbonyl (C=O) groups is 3. The zero-order valence-electron chi connectivity index (χ0n) is 19.5. The predicted molar refractivity (Wildman–Crippen MR) is 116 cm³/mol. The first-order chi connectivity index (χ1) is 15.0. The molecular weight excluding hydrogens is 408 g/mol. The molecule has 5 rings (SSSR count). The number of fused-ring (bicyclic) bond motifs is 3. The van der Waals surface area contributed by atoms with Crippen molar-refractivity contribution in [3.63, 3.8) is 0 Å². The maximum Gasteiger partial charge on any atom is 0.308 e. The Labute approximate surface area is 189 Å². The minimum Gasteiger partial charge on any atom is -0.458 e. The van der Waals surface area contributed by atoms with Crippen LogP contribution in [0.5, 0.6) is 0 Å². The van der Waals surface area contributed by atoms with Crippen molar-refractivity contribution < 1.29 is 28.6 Å². The van der Waals surface area contributed by atoms with Gasteiger partial charge < -0.3 is 14.2 Å². The summed E-state index contributed by atoms with van der Waals surface area (Å²) in [5.74, 6) is 0.520. The molecule has 32 heavy (non-hydrogen) atoms. The maximum atomic E-state index is 13.0. The number of esters is 2. The number of ketones is 1. The highest BCUT2D eigenvalue weighted by molar-refractivity contribution is 5.85. The largest absolute Gasteiger partial charge is 0.458 e. The van der Waals surface area contributed by atoms with Crippen LogP contribution in [0.4, 0.5) is 0 Å². The van der Waals surface area contributed by atoms with Gasteiger partial charge in [-0.05, 0) is 74.5 Å². The van der Waals surface area contributed by atoms with E-state index in [2.05, 4.69) is 26.8 Å². The normalized spacial score (nSPS) is 43.3. The molecule has 0 aromatic rings. The average Bonchev–Trinajstić information content (AvgIpc) is 3.31. The molecule has 2 saturated carbocycles. The number of rotatable bonds is 4. The monoisotopic (exact) mass is 440 g/mol. The van der Waals surface area contributed by atoms with Crippen molar-refractivity contribution >= 4 is 17.7 Å². The minimum atomic E-state index is -0.412. The Kier molecular flexibility index (Phi) is 4.66. The molecule has 7 atom stereocenters. The lowest BCUT2D eigenvalue weighted by atomic mass is 9.47. The van der Waals surface area contributed by atoms with E-state index in [4.69, 9.17) is 14.2 Å². The second-order valence-electron chi connectivity index (χ2n) is 10.7. The molecular formula is C26H32O6. The lowest BCUT2D eigenvalue weighted by Gasteiger charge is -2.54. The maximum absolute atomic E-state index is 13.0. The predicted octanol–water partition coefficient (Wildman–Crippen LogP) is 4.05. The summed E-state index contributed by atoms with van der Waals surface area (Å²) in [7, 11) is 0. The molecule has 0 aromatic carbocycles. The zero-order chi connectivity index (χ0) is 23.1. The van der Waals surface area contributed by atoms with E-state index < -0.39 is 5.97 Å². The summed E-state index contributed by atoms with van der Waals surface area (Å²) in [6, 6.07) is 0. The Balaban J connectivity index is 1.47. The van der Waals surface area contributed by atoms with Gasteiger partial charge in [0.25, 0.3) is 0 Å². The third kappa shape index (κ3) is 2.71. The van der Waals surface area contributed by atoms with Crippen molar-refractivity contribution in [2.45, 2.75) is 72.0 Å². The van der Waals surface area contributed by atoms with Gasteiger partial charge in [-0.25, -0.2) is 0 Å². The zero-order valence-corrected chi connectivity index (χ0v) is 19.5. The molecule has 1 unspecified atom stereocenters. The van der Waals surface area contributed by atoms with E-state index in [1.807, 2.05) is 12.2 Å². The van der Waals surface area contributed by atoms with Crippen LogP contribution < -0.4 is 0 Å². The highest BCUT2D eigenvalue weighted by Gasteiger charge is 2.79. The van der Waals surface area contributed by atoms with Crippen LogP contribution in [-0.4, -0.2) is 36.0 Å². The van der Waals surface area contributed by atoms with Crippen molar-refractivity contribution in [2.75, 3.05) is 6.61 Å². The number of hydrogen-bond acceptors (Lipinski definition) is 6. The van der Waals surface area contributed by atoms with Gasteiger partial charge in [0.05, 0.1) is 6.10 Å². The van der Waals surface area contributed by atoms with Crippen LogP contribution in [0.25, 0.3) is 0 Å². The van der Waals surface area contributed by atoms with E-state index in [0.717, 1.165) is 36.8 Å². The van der Waals surface area contributed by atoms with Gasteiger partial charge in [0.2, 0.25) is 0 Å². The standard InChI is InChI=1S/C26H32O6/c1-14-10-18(31-16(3)28)11-17-6-7-20-19-8-9-21(22(29)13-30-15(2)27)24(19,4)12-23-26(20,32-23)25(14,17)5/h6,10-11,19-21,23H,7-9,12-13H2,1-5H3/t19-,20-,21+,23?,24-,25-,26-/m0/s1. The SMILES string of the molecule is CC(=O)OCC(=O)[C@H]1CC[C@H]2[C@@H]3CC=C4C=C(OC(C)=O)C=C(C)[C@]4(C)[C@]34OC4C[C@]12C. The topological polar surface area (TPSA) is 82.2 Å². The van der Waals surface area contributed by atoms with Crippen molar-refractivity contribution in [2.24, 2.45) is 28.6 Å².